The summed E-state index contributed by atoms with van der Waals surface area (Å²) in [6, 6.07) is 5.95. The Kier molecular flexibility index (Phi) is 4.55. The van der Waals surface area contributed by atoms with Gasteiger partial charge in [-0.05, 0) is 43.3 Å². The van der Waals surface area contributed by atoms with Crippen molar-refractivity contribution in [3.05, 3.63) is 56.2 Å². The van der Waals surface area contributed by atoms with E-state index in [0.29, 0.717) is 12.1 Å². The number of hydrogen-bond donors (Lipinski definition) is 1. The molecular formula is C14H14ClF2NS. The number of thiophene rings is 1. The highest BCUT2D eigenvalue weighted by Gasteiger charge is 2.20. The van der Waals surface area contributed by atoms with Gasteiger partial charge in [0.1, 0.15) is 0 Å². The van der Waals surface area contributed by atoms with Gasteiger partial charge in [0.15, 0.2) is 11.6 Å². The first-order valence-corrected chi connectivity index (χ1v) is 7.16. The minimum Gasteiger partial charge on any atom is -0.306 e. The van der Waals surface area contributed by atoms with E-state index in [1.807, 2.05) is 26.0 Å². The minimum absolute atomic E-state index is 0.216. The van der Waals surface area contributed by atoms with Gasteiger partial charge in [-0.15, -0.1) is 11.3 Å². The summed E-state index contributed by atoms with van der Waals surface area (Å²) < 4.78 is 26.6. The van der Waals surface area contributed by atoms with E-state index in [1.165, 1.54) is 6.07 Å². The van der Waals surface area contributed by atoms with Gasteiger partial charge in [-0.25, -0.2) is 8.78 Å². The molecule has 1 aromatic carbocycles. The monoisotopic (exact) mass is 301 g/mol. The highest BCUT2D eigenvalue weighted by atomic mass is 35.5. The predicted molar refractivity (Wildman–Crippen MR) is 75.9 cm³/mol. The largest absolute Gasteiger partial charge is 0.306 e. The van der Waals surface area contributed by atoms with Gasteiger partial charge < -0.3 is 5.32 Å². The van der Waals surface area contributed by atoms with Gasteiger partial charge in [0.05, 0.1) is 6.04 Å². The molecule has 1 N–H and O–H groups in total. The van der Waals surface area contributed by atoms with Crippen LogP contribution in [0.3, 0.4) is 0 Å². The number of benzene rings is 1. The Labute approximate surface area is 120 Å². The molecule has 2 aromatic rings. The number of aryl methyl sites for hydroxylation is 1. The van der Waals surface area contributed by atoms with Crippen LogP contribution in [0.2, 0.25) is 5.02 Å². The minimum atomic E-state index is -0.925. The summed E-state index contributed by atoms with van der Waals surface area (Å²) >= 11 is 7.66. The molecule has 0 radical (unpaired) electrons. The Morgan fingerprint density at radius 2 is 1.95 bits per heavy atom. The van der Waals surface area contributed by atoms with Crippen molar-refractivity contribution < 1.29 is 8.78 Å². The molecule has 0 aliphatic carbocycles. The van der Waals surface area contributed by atoms with E-state index in [4.69, 9.17) is 11.6 Å². The topological polar surface area (TPSA) is 12.0 Å². The van der Waals surface area contributed by atoms with E-state index in [2.05, 4.69) is 5.32 Å². The zero-order valence-corrected chi connectivity index (χ0v) is 12.2. The normalized spacial score (nSPS) is 12.7. The van der Waals surface area contributed by atoms with Crippen molar-refractivity contribution in [2.45, 2.75) is 19.9 Å². The van der Waals surface area contributed by atoms with E-state index in [0.717, 1.165) is 15.8 Å². The Morgan fingerprint density at radius 1 is 1.26 bits per heavy atom. The lowest BCUT2D eigenvalue weighted by Gasteiger charge is -2.18. The zero-order valence-electron chi connectivity index (χ0n) is 10.6. The molecule has 0 saturated carbocycles. The summed E-state index contributed by atoms with van der Waals surface area (Å²) in [5, 5.41) is 3.49. The summed E-state index contributed by atoms with van der Waals surface area (Å²) in [4.78, 5) is 2.20. The maximum Gasteiger partial charge on any atom is 0.160 e. The lowest BCUT2D eigenvalue weighted by atomic mass is 10.0. The Hall–Kier alpha value is -0.970. The second-order valence-electron chi connectivity index (χ2n) is 4.23. The fourth-order valence-electron chi connectivity index (χ4n) is 1.94. The first-order chi connectivity index (χ1) is 9.02. The van der Waals surface area contributed by atoms with E-state index in [-0.39, 0.29) is 11.1 Å². The smallest absolute Gasteiger partial charge is 0.160 e. The molecule has 0 aliphatic rings. The fourth-order valence-corrected chi connectivity index (χ4v) is 3.17. The third-order valence-electron chi connectivity index (χ3n) is 2.80. The third-order valence-corrected chi connectivity index (χ3v) is 4.20. The molecule has 19 heavy (non-hydrogen) atoms. The van der Waals surface area contributed by atoms with Crippen LogP contribution < -0.4 is 5.32 Å². The standard InChI is InChI=1S/C14H14ClF2NS/c1-3-18-14(13-5-4-8(2)19-13)9-6-11(16)12(17)7-10(9)15/h4-7,14,18H,3H2,1-2H3. The molecule has 1 atom stereocenters. The average molecular weight is 302 g/mol. The van der Waals surface area contributed by atoms with E-state index >= 15 is 0 Å². The lowest BCUT2D eigenvalue weighted by molar-refractivity contribution is 0.504. The molecule has 1 unspecified atom stereocenters. The van der Waals surface area contributed by atoms with Crippen molar-refractivity contribution >= 4 is 22.9 Å². The van der Waals surface area contributed by atoms with Crippen molar-refractivity contribution in [2.75, 3.05) is 6.54 Å². The van der Waals surface area contributed by atoms with Crippen LogP contribution >= 0.6 is 22.9 Å². The molecule has 0 bridgehead atoms. The molecule has 2 rings (SSSR count). The van der Waals surface area contributed by atoms with Crippen LogP contribution in [0.25, 0.3) is 0 Å². The summed E-state index contributed by atoms with van der Waals surface area (Å²) in [5.74, 6) is -1.80. The molecule has 0 amide bonds. The maximum absolute atomic E-state index is 13.4. The van der Waals surface area contributed by atoms with Crippen molar-refractivity contribution in [1.82, 2.24) is 5.32 Å². The van der Waals surface area contributed by atoms with Crippen molar-refractivity contribution in [2.24, 2.45) is 0 Å². The molecule has 1 heterocycles. The van der Waals surface area contributed by atoms with E-state index in [9.17, 15) is 8.78 Å². The molecule has 102 valence electrons. The van der Waals surface area contributed by atoms with Gasteiger partial charge in [-0.1, -0.05) is 18.5 Å². The third kappa shape index (κ3) is 3.14. The van der Waals surface area contributed by atoms with Gasteiger partial charge in [0.25, 0.3) is 0 Å². The molecule has 0 saturated heterocycles. The van der Waals surface area contributed by atoms with Crippen LogP contribution in [0.1, 0.15) is 28.3 Å². The summed E-state index contributed by atoms with van der Waals surface area (Å²) in [7, 11) is 0. The van der Waals surface area contributed by atoms with E-state index in [1.54, 1.807) is 11.3 Å². The van der Waals surface area contributed by atoms with Crippen LogP contribution in [0, 0.1) is 18.6 Å². The second-order valence-corrected chi connectivity index (χ2v) is 5.95. The van der Waals surface area contributed by atoms with Gasteiger partial charge in [-0.3, -0.25) is 0 Å². The van der Waals surface area contributed by atoms with Gasteiger partial charge in [-0.2, -0.15) is 0 Å². The quantitative estimate of drug-likeness (QED) is 0.808. The molecular weight excluding hydrogens is 288 g/mol. The molecule has 1 nitrogen and oxygen atoms in total. The molecule has 1 aromatic heterocycles. The Morgan fingerprint density at radius 3 is 2.53 bits per heavy atom. The molecule has 0 fully saturated rings. The zero-order chi connectivity index (χ0) is 14.0. The van der Waals surface area contributed by atoms with Crippen LogP contribution in [0.5, 0.6) is 0 Å². The number of rotatable bonds is 4. The van der Waals surface area contributed by atoms with Crippen molar-refractivity contribution in [1.29, 1.82) is 0 Å². The van der Waals surface area contributed by atoms with Crippen LogP contribution in [0.4, 0.5) is 8.78 Å². The van der Waals surface area contributed by atoms with E-state index < -0.39 is 11.6 Å². The first kappa shape index (κ1) is 14.4. The van der Waals surface area contributed by atoms with Crippen molar-refractivity contribution in [3.63, 3.8) is 0 Å². The first-order valence-electron chi connectivity index (χ1n) is 5.97. The number of hydrogen-bond acceptors (Lipinski definition) is 2. The molecule has 0 aliphatic heterocycles. The SMILES string of the molecule is CCNC(c1ccc(C)s1)c1cc(F)c(F)cc1Cl. The maximum atomic E-state index is 13.4. The van der Waals surface area contributed by atoms with Gasteiger partial charge >= 0.3 is 0 Å². The van der Waals surface area contributed by atoms with Crippen LogP contribution in [-0.4, -0.2) is 6.54 Å². The lowest BCUT2D eigenvalue weighted by Crippen LogP contribution is -2.21. The fraction of sp³-hybridized carbons (Fsp3) is 0.286. The van der Waals surface area contributed by atoms with Gasteiger partial charge in [0.2, 0.25) is 0 Å². The number of halogens is 3. The predicted octanol–water partition coefficient (Wildman–Crippen LogP) is 4.69. The molecule has 5 heteroatoms. The highest BCUT2D eigenvalue weighted by molar-refractivity contribution is 7.12. The second kappa shape index (κ2) is 5.99. The van der Waals surface area contributed by atoms with Crippen molar-refractivity contribution in [3.8, 4) is 0 Å². The average Bonchev–Trinajstić information content (AvgIpc) is 2.78. The van der Waals surface area contributed by atoms with Crippen LogP contribution in [-0.2, 0) is 0 Å². The van der Waals surface area contributed by atoms with Crippen LogP contribution in [0.15, 0.2) is 24.3 Å². The Bertz CT molecular complexity index is 583. The summed E-state index contributed by atoms with van der Waals surface area (Å²) in [5.41, 5.74) is 0.560. The summed E-state index contributed by atoms with van der Waals surface area (Å²) in [6.45, 7) is 4.67. The molecule has 0 spiro atoms. The number of nitrogens with one attached hydrogen (secondary N) is 1. The highest BCUT2D eigenvalue weighted by Crippen LogP contribution is 2.33. The Balaban J connectivity index is 2.47. The van der Waals surface area contributed by atoms with Gasteiger partial charge in [0, 0.05) is 14.8 Å². The summed E-state index contributed by atoms with van der Waals surface area (Å²) in [6.07, 6.45) is 0.